The minimum absolute atomic E-state index is 0.210. The maximum atomic E-state index is 12.7. The average molecular weight is 251 g/mol. The molecular formula is C12H8ClFN2O. The molecule has 0 spiro atoms. The molecule has 2 rings (SSSR count). The van der Waals surface area contributed by atoms with Crippen LogP contribution in [-0.2, 0) is 0 Å². The number of rotatable bonds is 2. The Kier molecular flexibility index (Phi) is 3.35. The maximum Gasteiger partial charge on any atom is 0.274 e. The Balaban J connectivity index is 2.14. The van der Waals surface area contributed by atoms with Gasteiger partial charge in [-0.15, -0.1) is 0 Å². The molecule has 17 heavy (non-hydrogen) atoms. The lowest BCUT2D eigenvalue weighted by molar-refractivity contribution is 0.102. The molecule has 0 fully saturated rings. The van der Waals surface area contributed by atoms with Crippen LogP contribution >= 0.6 is 11.6 Å². The van der Waals surface area contributed by atoms with Crippen LogP contribution in [0.3, 0.4) is 0 Å². The number of halogens is 2. The largest absolute Gasteiger partial charge is 0.321 e. The van der Waals surface area contributed by atoms with Gasteiger partial charge in [-0.1, -0.05) is 11.6 Å². The number of hydrogen-bond donors (Lipinski definition) is 1. The molecule has 0 atom stereocenters. The summed E-state index contributed by atoms with van der Waals surface area (Å²) in [5, 5.41) is 3.02. The van der Waals surface area contributed by atoms with Crippen molar-refractivity contribution in [1.82, 2.24) is 4.98 Å². The van der Waals surface area contributed by atoms with E-state index in [2.05, 4.69) is 10.3 Å². The molecule has 2 aromatic rings. The molecule has 1 amide bonds. The Morgan fingerprint density at radius 3 is 2.59 bits per heavy atom. The minimum Gasteiger partial charge on any atom is -0.321 e. The van der Waals surface area contributed by atoms with Crippen LogP contribution in [0.15, 0.2) is 42.6 Å². The zero-order valence-corrected chi connectivity index (χ0v) is 9.41. The second-order valence-electron chi connectivity index (χ2n) is 3.32. The van der Waals surface area contributed by atoms with Crippen LogP contribution < -0.4 is 5.32 Å². The Labute approximate surface area is 102 Å². The van der Waals surface area contributed by atoms with Crippen molar-refractivity contribution in [3.63, 3.8) is 0 Å². The SMILES string of the molecule is O=C(Nc1ccc(F)cc1)c1cc(Cl)ccn1. The van der Waals surface area contributed by atoms with Crippen LogP contribution in [0.25, 0.3) is 0 Å². The van der Waals surface area contributed by atoms with Gasteiger partial charge in [0.2, 0.25) is 0 Å². The zero-order chi connectivity index (χ0) is 12.3. The van der Waals surface area contributed by atoms with E-state index in [1.165, 1.54) is 36.5 Å². The molecule has 1 aromatic heterocycles. The molecule has 0 aliphatic heterocycles. The second kappa shape index (κ2) is 4.93. The highest BCUT2D eigenvalue weighted by Gasteiger charge is 2.07. The van der Waals surface area contributed by atoms with E-state index in [1.807, 2.05) is 0 Å². The first kappa shape index (κ1) is 11.5. The van der Waals surface area contributed by atoms with Gasteiger partial charge in [-0.2, -0.15) is 0 Å². The molecule has 0 aliphatic rings. The van der Waals surface area contributed by atoms with Crippen molar-refractivity contribution >= 4 is 23.2 Å². The van der Waals surface area contributed by atoms with Crippen LogP contribution in [0.1, 0.15) is 10.5 Å². The summed E-state index contributed by atoms with van der Waals surface area (Å²) in [6, 6.07) is 8.51. The molecule has 0 saturated carbocycles. The molecule has 1 heterocycles. The van der Waals surface area contributed by atoms with Gasteiger partial charge in [0.05, 0.1) is 0 Å². The lowest BCUT2D eigenvalue weighted by atomic mass is 10.3. The number of hydrogen-bond acceptors (Lipinski definition) is 2. The zero-order valence-electron chi connectivity index (χ0n) is 8.65. The highest BCUT2D eigenvalue weighted by molar-refractivity contribution is 6.30. The monoisotopic (exact) mass is 250 g/mol. The maximum absolute atomic E-state index is 12.7. The third-order valence-electron chi connectivity index (χ3n) is 2.06. The second-order valence-corrected chi connectivity index (χ2v) is 3.76. The molecular weight excluding hydrogens is 243 g/mol. The van der Waals surface area contributed by atoms with Gasteiger partial charge in [0.1, 0.15) is 11.5 Å². The fourth-order valence-electron chi connectivity index (χ4n) is 1.26. The van der Waals surface area contributed by atoms with Crippen LogP contribution in [0.2, 0.25) is 5.02 Å². The van der Waals surface area contributed by atoms with E-state index in [1.54, 1.807) is 6.07 Å². The number of anilines is 1. The number of nitrogens with zero attached hydrogens (tertiary/aromatic N) is 1. The number of nitrogens with one attached hydrogen (secondary N) is 1. The Morgan fingerprint density at radius 1 is 1.24 bits per heavy atom. The van der Waals surface area contributed by atoms with Gasteiger partial charge >= 0.3 is 0 Å². The van der Waals surface area contributed by atoms with Gasteiger partial charge < -0.3 is 5.32 Å². The number of carbonyl (C=O) groups excluding carboxylic acids is 1. The summed E-state index contributed by atoms with van der Waals surface area (Å²) < 4.78 is 12.7. The van der Waals surface area contributed by atoms with Gasteiger partial charge in [0, 0.05) is 16.9 Å². The lowest BCUT2D eigenvalue weighted by Gasteiger charge is -2.04. The highest BCUT2D eigenvalue weighted by Crippen LogP contribution is 2.12. The molecule has 0 radical (unpaired) electrons. The van der Waals surface area contributed by atoms with E-state index in [9.17, 15) is 9.18 Å². The summed E-state index contributed by atoms with van der Waals surface area (Å²) in [5.41, 5.74) is 0.708. The van der Waals surface area contributed by atoms with Crippen molar-refractivity contribution in [1.29, 1.82) is 0 Å². The van der Waals surface area contributed by atoms with E-state index in [-0.39, 0.29) is 17.4 Å². The van der Waals surface area contributed by atoms with Crippen molar-refractivity contribution in [3.05, 3.63) is 59.1 Å². The van der Waals surface area contributed by atoms with Gasteiger partial charge in [-0.05, 0) is 36.4 Å². The topological polar surface area (TPSA) is 42.0 Å². The number of carbonyl (C=O) groups is 1. The Morgan fingerprint density at radius 2 is 1.94 bits per heavy atom. The molecule has 0 aliphatic carbocycles. The van der Waals surface area contributed by atoms with Gasteiger partial charge in [0.25, 0.3) is 5.91 Å². The highest BCUT2D eigenvalue weighted by atomic mass is 35.5. The molecule has 1 N–H and O–H groups in total. The minimum atomic E-state index is -0.390. The first-order chi connectivity index (χ1) is 8.15. The summed E-state index contributed by atoms with van der Waals surface area (Å²) in [6.07, 6.45) is 1.45. The van der Waals surface area contributed by atoms with Crippen molar-refractivity contribution in [2.45, 2.75) is 0 Å². The standard InChI is InChI=1S/C12H8ClFN2O/c13-8-5-6-15-11(7-8)12(17)16-10-3-1-9(14)2-4-10/h1-7H,(H,16,17). The van der Waals surface area contributed by atoms with Crippen LogP contribution in [0.5, 0.6) is 0 Å². The Bertz CT molecular complexity index is 542. The van der Waals surface area contributed by atoms with Gasteiger partial charge in [-0.3, -0.25) is 9.78 Å². The predicted octanol–water partition coefficient (Wildman–Crippen LogP) is 3.13. The van der Waals surface area contributed by atoms with Crippen LogP contribution in [0.4, 0.5) is 10.1 Å². The first-order valence-corrected chi connectivity index (χ1v) is 5.21. The molecule has 86 valence electrons. The number of pyridine rings is 1. The third-order valence-corrected chi connectivity index (χ3v) is 2.29. The third kappa shape index (κ3) is 3.01. The molecule has 0 bridgehead atoms. The van der Waals surface area contributed by atoms with E-state index in [4.69, 9.17) is 11.6 Å². The van der Waals surface area contributed by atoms with Crippen LogP contribution in [0, 0.1) is 5.82 Å². The predicted molar refractivity (Wildman–Crippen MR) is 63.6 cm³/mol. The quantitative estimate of drug-likeness (QED) is 0.890. The van der Waals surface area contributed by atoms with E-state index in [0.29, 0.717) is 10.7 Å². The van der Waals surface area contributed by atoms with Gasteiger partial charge in [0.15, 0.2) is 0 Å². The molecule has 5 heteroatoms. The summed E-state index contributed by atoms with van der Waals surface area (Å²) in [4.78, 5) is 15.6. The number of aromatic nitrogens is 1. The van der Waals surface area contributed by atoms with Crippen LogP contribution in [-0.4, -0.2) is 10.9 Å². The van der Waals surface area contributed by atoms with E-state index < -0.39 is 0 Å². The normalized spacial score (nSPS) is 10.0. The summed E-state index contributed by atoms with van der Waals surface area (Å²) >= 11 is 5.74. The fourth-order valence-corrected chi connectivity index (χ4v) is 1.42. The molecule has 0 saturated heterocycles. The van der Waals surface area contributed by atoms with Crippen molar-refractivity contribution < 1.29 is 9.18 Å². The average Bonchev–Trinajstić information content (AvgIpc) is 2.32. The fraction of sp³-hybridized carbons (Fsp3) is 0. The summed E-state index contributed by atoms with van der Waals surface area (Å²) in [7, 11) is 0. The van der Waals surface area contributed by atoms with E-state index >= 15 is 0 Å². The molecule has 1 aromatic carbocycles. The molecule has 3 nitrogen and oxygen atoms in total. The van der Waals surface area contributed by atoms with Gasteiger partial charge in [-0.25, -0.2) is 4.39 Å². The summed E-state index contributed by atoms with van der Waals surface area (Å²) in [6.45, 7) is 0. The van der Waals surface area contributed by atoms with Crippen molar-refractivity contribution in [2.24, 2.45) is 0 Å². The first-order valence-electron chi connectivity index (χ1n) is 4.83. The number of amides is 1. The van der Waals surface area contributed by atoms with Crippen molar-refractivity contribution in [3.8, 4) is 0 Å². The van der Waals surface area contributed by atoms with E-state index in [0.717, 1.165) is 0 Å². The smallest absolute Gasteiger partial charge is 0.274 e. The van der Waals surface area contributed by atoms with Crippen molar-refractivity contribution in [2.75, 3.05) is 5.32 Å². The Hall–Kier alpha value is -1.94. The lowest BCUT2D eigenvalue weighted by Crippen LogP contribution is -2.13. The summed E-state index contributed by atoms with van der Waals surface area (Å²) in [5.74, 6) is -0.747. The molecule has 0 unspecified atom stereocenters. The number of benzene rings is 1.